The Kier molecular flexibility index (Phi) is 4.94. The third-order valence-electron chi connectivity index (χ3n) is 3.44. The van der Waals surface area contributed by atoms with Crippen LogP contribution in [0.4, 0.5) is 11.9 Å². The Bertz CT molecular complexity index is 439. The molecule has 0 bridgehead atoms. The summed E-state index contributed by atoms with van der Waals surface area (Å²) in [7, 11) is 0. The molecule has 4 N–H and O–H groups in total. The van der Waals surface area contributed by atoms with Crippen LogP contribution in [0.3, 0.4) is 0 Å². The monoisotopic (exact) mass is 280 g/mol. The maximum atomic E-state index is 5.49. The summed E-state index contributed by atoms with van der Waals surface area (Å²) >= 11 is 0. The minimum Gasteiger partial charge on any atom is -0.461 e. The maximum Gasteiger partial charge on any atom is 0.323 e. The first kappa shape index (κ1) is 14.8. The lowest BCUT2D eigenvalue weighted by Gasteiger charge is -2.13. The van der Waals surface area contributed by atoms with Crippen molar-refractivity contribution >= 4 is 11.9 Å². The van der Waals surface area contributed by atoms with Gasteiger partial charge in [-0.25, -0.2) is 5.84 Å². The number of nitrogens with two attached hydrogens (primary N) is 1. The van der Waals surface area contributed by atoms with Crippen LogP contribution in [0.25, 0.3) is 0 Å². The summed E-state index contributed by atoms with van der Waals surface area (Å²) in [4.78, 5) is 12.5. The smallest absolute Gasteiger partial charge is 0.323 e. The van der Waals surface area contributed by atoms with E-state index in [0.717, 1.165) is 12.5 Å². The molecule has 2 atom stereocenters. The number of nitrogen functional groups attached to an aromatic ring is 1. The van der Waals surface area contributed by atoms with Crippen LogP contribution < -0.4 is 21.3 Å². The summed E-state index contributed by atoms with van der Waals surface area (Å²) in [6.07, 6.45) is 3.83. The fourth-order valence-electron chi connectivity index (χ4n) is 2.51. The van der Waals surface area contributed by atoms with Crippen LogP contribution in [-0.4, -0.2) is 27.6 Å². The largest absolute Gasteiger partial charge is 0.461 e. The lowest BCUT2D eigenvalue weighted by Crippen LogP contribution is -2.18. The zero-order chi connectivity index (χ0) is 14.5. The first-order chi connectivity index (χ1) is 9.56. The molecular weight excluding hydrogens is 256 g/mol. The SMILES string of the molecule is CC1CCC(CNc2nc(NN)nc(OC(C)C)n2)C1. The van der Waals surface area contributed by atoms with Gasteiger partial charge in [0.1, 0.15) is 0 Å². The molecular formula is C13H24N6O. The molecule has 1 aromatic heterocycles. The van der Waals surface area contributed by atoms with Crippen molar-refractivity contribution in [1.29, 1.82) is 0 Å². The number of hydrogen-bond donors (Lipinski definition) is 3. The van der Waals surface area contributed by atoms with Gasteiger partial charge in [0, 0.05) is 6.54 Å². The molecule has 0 amide bonds. The lowest BCUT2D eigenvalue weighted by molar-refractivity contribution is 0.222. The molecule has 0 spiro atoms. The van der Waals surface area contributed by atoms with Gasteiger partial charge in [0.15, 0.2) is 0 Å². The van der Waals surface area contributed by atoms with Gasteiger partial charge in [0.2, 0.25) is 11.9 Å². The van der Waals surface area contributed by atoms with E-state index in [1.54, 1.807) is 0 Å². The molecule has 1 aromatic rings. The Balaban J connectivity index is 1.98. The molecule has 7 nitrogen and oxygen atoms in total. The summed E-state index contributed by atoms with van der Waals surface area (Å²) in [6, 6.07) is 0.283. The Morgan fingerprint density at radius 2 is 2.00 bits per heavy atom. The van der Waals surface area contributed by atoms with Crippen LogP contribution >= 0.6 is 0 Å². The van der Waals surface area contributed by atoms with Crippen LogP contribution in [0.5, 0.6) is 6.01 Å². The van der Waals surface area contributed by atoms with E-state index in [1.807, 2.05) is 13.8 Å². The Morgan fingerprint density at radius 1 is 1.25 bits per heavy atom. The molecule has 1 aliphatic rings. The number of aromatic nitrogens is 3. The Hall–Kier alpha value is -1.63. The minimum atomic E-state index is 0.00607. The highest BCUT2D eigenvalue weighted by molar-refractivity contribution is 5.34. The standard InChI is InChI=1S/C13H24N6O/c1-8(2)20-13-17-11(16-12(18-13)19-14)15-7-10-5-4-9(3)6-10/h8-10H,4-7,14H2,1-3H3,(H2,15,16,17,18,19). The Labute approximate surface area is 119 Å². The van der Waals surface area contributed by atoms with Gasteiger partial charge in [-0.15, -0.1) is 0 Å². The van der Waals surface area contributed by atoms with Crippen LogP contribution in [-0.2, 0) is 0 Å². The zero-order valence-corrected chi connectivity index (χ0v) is 12.4. The molecule has 1 fully saturated rings. The van der Waals surface area contributed by atoms with Crippen molar-refractivity contribution in [2.24, 2.45) is 17.7 Å². The van der Waals surface area contributed by atoms with Crippen molar-refractivity contribution < 1.29 is 4.74 Å². The number of hydrogen-bond acceptors (Lipinski definition) is 7. The van der Waals surface area contributed by atoms with Crippen molar-refractivity contribution in [3.05, 3.63) is 0 Å². The van der Waals surface area contributed by atoms with E-state index in [-0.39, 0.29) is 12.1 Å². The van der Waals surface area contributed by atoms with Crippen molar-refractivity contribution in [3.63, 3.8) is 0 Å². The van der Waals surface area contributed by atoms with E-state index in [4.69, 9.17) is 10.6 Å². The third kappa shape index (κ3) is 4.19. The number of ether oxygens (including phenoxy) is 1. The highest BCUT2D eigenvalue weighted by atomic mass is 16.5. The van der Waals surface area contributed by atoms with Crippen molar-refractivity contribution in [2.75, 3.05) is 17.3 Å². The summed E-state index contributed by atoms with van der Waals surface area (Å²) in [5.74, 6) is 7.68. The number of hydrazine groups is 1. The van der Waals surface area contributed by atoms with E-state index < -0.39 is 0 Å². The average Bonchev–Trinajstić information content (AvgIpc) is 2.81. The first-order valence-electron chi connectivity index (χ1n) is 7.20. The zero-order valence-electron chi connectivity index (χ0n) is 12.4. The molecule has 0 radical (unpaired) electrons. The molecule has 2 rings (SSSR count). The number of nitrogens with one attached hydrogen (secondary N) is 2. The van der Waals surface area contributed by atoms with Crippen LogP contribution in [0.2, 0.25) is 0 Å². The second kappa shape index (κ2) is 6.69. The second-order valence-corrected chi connectivity index (χ2v) is 5.74. The van der Waals surface area contributed by atoms with Gasteiger partial charge in [-0.1, -0.05) is 13.3 Å². The van der Waals surface area contributed by atoms with Gasteiger partial charge >= 0.3 is 6.01 Å². The van der Waals surface area contributed by atoms with Crippen molar-refractivity contribution in [1.82, 2.24) is 15.0 Å². The number of nitrogens with zero attached hydrogens (tertiary/aromatic N) is 3. The predicted octanol–water partition coefficient (Wildman–Crippen LogP) is 1.79. The highest BCUT2D eigenvalue weighted by Gasteiger charge is 2.21. The summed E-state index contributed by atoms with van der Waals surface area (Å²) in [5, 5.41) is 3.26. The molecule has 1 saturated carbocycles. The van der Waals surface area contributed by atoms with E-state index in [2.05, 4.69) is 32.6 Å². The van der Waals surface area contributed by atoms with E-state index in [9.17, 15) is 0 Å². The van der Waals surface area contributed by atoms with E-state index in [1.165, 1.54) is 19.3 Å². The highest BCUT2D eigenvalue weighted by Crippen LogP contribution is 2.30. The summed E-state index contributed by atoms with van der Waals surface area (Å²) in [5.41, 5.74) is 2.43. The van der Waals surface area contributed by atoms with Crippen LogP contribution in [0, 0.1) is 11.8 Å². The molecule has 0 saturated heterocycles. The topological polar surface area (TPSA) is 98.0 Å². The van der Waals surface area contributed by atoms with Gasteiger partial charge in [0.05, 0.1) is 6.10 Å². The molecule has 0 aliphatic heterocycles. The fourth-order valence-corrected chi connectivity index (χ4v) is 2.51. The summed E-state index contributed by atoms with van der Waals surface area (Å²) < 4.78 is 5.49. The Morgan fingerprint density at radius 3 is 2.60 bits per heavy atom. The average molecular weight is 280 g/mol. The molecule has 2 unspecified atom stereocenters. The van der Waals surface area contributed by atoms with E-state index >= 15 is 0 Å². The quantitative estimate of drug-likeness (QED) is 0.539. The fraction of sp³-hybridized carbons (Fsp3) is 0.769. The summed E-state index contributed by atoms with van der Waals surface area (Å²) in [6.45, 7) is 7.02. The van der Waals surface area contributed by atoms with Gasteiger partial charge in [-0.2, -0.15) is 15.0 Å². The van der Waals surface area contributed by atoms with Crippen molar-refractivity contribution in [3.8, 4) is 6.01 Å². The normalized spacial score (nSPS) is 22.1. The lowest BCUT2D eigenvalue weighted by atomic mass is 10.1. The van der Waals surface area contributed by atoms with Gasteiger partial charge in [-0.3, -0.25) is 5.43 Å². The number of anilines is 2. The van der Waals surface area contributed by atoms with Gasteiger partial charge in [0.25, 0.3) is 0 Å². The first-order valence-corrected chi connectivity index (χ1v) is 7.20. The maximum absolute atomic E-state index is 5.49. The minimum absolute atomic E-state index is 0.00607. The van der Waals surface area contributed by atoms with Gasteiger partial charge in [-0.05, 0) is 38.5 Å². The second-order valence-electron chi connectivity index (χ2n) is 5.74. The molecule has 20 heavy (non-hydrogen) atoms. The van der Waals surface area contributed by atoms with Crippen LogP contribution in [0.15, 0.2) is 0 Å². The number of rotatable bonds is 6. The molecule has 1 aliphatic carbocycles. The van der Waals surface area contributed by atoms with Gasteiger partial charge < -0.3 is 10.1 Å². The third-order valence-corrected chi connectivity index (χ3v) is 3.44. The van der Waals surface area contributed by atoms with E-state index in [0.29, 0.717) is 17.8 Å². The predicted molar refractivity (Wildman–Crippen MR) is 78.4 cm³/mol. The molecule has 1 heterocycles. The molecule has 112 valence electrons. The van der Waals surface area contributed by atoms with Crippen LogP contribution in [0.1, 0.15) is 40.0 Å². The van der Waals surface area contributed by atoms with Crippen molar-refractivity contribution in [2.45, 2.75) is 46.1 Å². The molecule has 0 aromatic carbocycles. The molecule has 7 heteroatoms.